The van der Waals surface area contributed by atoms with E-state index in [-0.39, 0.29) is 36.9 Å². The minimum absolute atomic E-state index is 0.0519. The van der Waals surface area contributed by atoms with E-state index in [1.165, 1.54) is 0 Å². The molecule has 8 heteroatoms. The summed E-state index contributed by atoms with van der Waals surface area (Å²) in [6.45, 7) is 0. The molecule has 0 fully saturated rings. The fourth-order valence-electron chi connectivity index (χ4n) is 5.27. The maximum absolute atomic E-state index is 13.9. The van der Waals surface area contributed by atoms with Crippen LogP contribution in [0.3, 0.4) is 0 Å². The van der Waals surface area contributed by atoms with E-state index in [0.29, 0.717) is 34.1 Å². The largest absolute Gasteiger partial charge is 0.497 e. The standard InChI is InChI=1S/C30H27ClN2O5/c1-38-22-12-8-19(9-13-22)30-29-24(16-20(17-26(29)34)18-6-10-21(31)11-7-18)32-23-4-2-3-5-25(23)33(30)27(35)14-15-28(36)37/h2-13,20,30,32H,14-17H2,1H3,(H,36,37). The van der Waals surface area contributed by atoms with Gasteiger partial charge in [0.2, 0.25) is 5.91 Å². The molecule has 1 amide bonds. The highest BCUT2D eigenvalue weighted by Crippen LogP contribution is 2.47. The SMILES string of the molecule is COc1ccc(C2C3=C(CC(c4ccc(Cl)cc4)CC3=O)Nc3ccccc3N2C(=O)CCC(=O)O)cc1. The summed E-state index contributed by atoms with van der Waals surface area (Å²) in [7, 11) is 1.57. The van der Waals surface area contributed by atoms with Crippen molar-refractivity contribution in [2.45, 2.75) is 37.6 Å². The fraction of sp³-hybridized carbons (Fsp3) is 0.233. The molecule has 38 heavy (non-hydrogen) atoms. The van der Waals surface area contributed by atoms with E-state index in [1.54, 1.807) is 24.1 Å². The lowest BCUT2D eigenvalue weighted by molar-refractivity contribution is -0.138. The molecule has 3 aromatic carbocycles. The Labute approximate surface area is 225 Å². The highest BCUT2D eigenvalue weighted by molar-refractivity contribution is 6.30. The highest BCUT2D eigenvalue weighted by atomic mass is 35.5. The van der Waals surface area contributed by atoms with Gasteiger partial charge in [0.15, 0.2) is 5.78 Å². The zero-order valence-corrected chi connectivity index (χ0v) is 21.6. The molecule has 2 N–H and O–H groups in total. The molecule has 0 aromatic heterocycles. The van der Waals surface area contributed by atoms with Gasteiger partial charge in [-0.25, -0.2) is 0 Å². The fourth-order valence-corrected chi connectivity index (χ4v) is 5.40. The van der Waals surface area contributed by atoms with E-state index in [2.05, 4.69) is 5.32 Å². The number of carbonyl (C=O) groups is 3. The van der Waals surface area contributed by atoms with E-state index in [9.17, 15) is 19.5 Å². The van der Waals surface area contributed by atoms with Gasteiger partial charge in [0.1, 0.15) is 5.75 Å². The number of halogens is 1. The van der Waals surface area contributed by atoms with Crippen molar-refractivity contribution in [1.82, 2.24) is 0 Å². The lowest BCUT2D eigenvalue weighted by atomic mass is 9.78. The van der Waals surface area contributed by atoms with Crippen molar-refractivity contribution in [3.63, 3.8) is 0 Å². The number of rotatable bonds is 6. The molecule has 0 saturated heterocycles. The summed E-state index contributed by atoms with van der Waals surface area (Å²) in [6.07, 6.45) is 0.350. The molecule has 0 bridgehead atoms. The predicted octanol–water partition coefficient (Wildman–Crippen LogP) is 6.11. The van der Waals surface area contributed by atoms with Crippen molar-refractivity contribution in [2.75, 3.05) is 17.3 Å². The summed E-state index contributed by atoms with van der Waals surface area (Å²) < 4.78 is 5.33. The maximum atomic E-state index is 13.9. The average molecular weight is 531 g/mol. The second-order valence-electron chi connectivity index (χ2n) is 9.45. The molecule has 1 aliphatic heterocycles. The smallest absolute Gasteiger partial charge is 0.303 e. The first-order valence-corrected chi connectivity index (χ1v) is 12.8. The Morgan fingerprint density at radius 2 is 1.66 bits per heavy atom. The number of amides is 1. The van der Waals surface area contributed by atoms with Gasteiger partial charge in [0.05, 0.1) is 30.9 Å². The number of aliphatic carboxylic acids is 1. The van der Waals surface area contributed by atoms with Crippen molar-refractivity contribution in [2.24, 2.45) is 0 Å². The average Bonchev–Trinajstić information content (AvgIpc) is 3.07. The summed E-state index contributed by atoms with van der Waals surface area (Å²) in [6, 6.07) is 21.5. The molecule has 3 aromatic rings. The number of nitrogens with one attached hydrogen (secondary N) is 1. The second kappa shape index (κ2) is 10.7. The molecule has 0 spiro atoms. The third kappa shape index (κ3) is 5.02. The van der Waals surface area contributed by atoms with Crippen LogP contribution in [-0.4, -0.2) is 29.9 Å². The number of carboxylic acids is 1. The normalized spacial score (nSPS) is 18.7. The number of fused-ring (bicyclic) bond motifs is 1. The number of hydrogen-bond acceptors (Lipinski definition) is 5. The number of Topliss-reactive ketones (excluding diaryl/α,β-unsaturated/α-hetero) is 1. The van der Waals surface area contributed by atoms with Crippen molar-refractivity contribution < 1.29 is 24.2 Å². The van der Waals surface area contributed by atoms with Gasteiger partial charge >= 0.3 is 5.97 Å². The first kappa shape index (κ1) is 25.5. The molecule has 0 radical (unpaired) electrons. The molecule has 2 aliphatic rings. The predicted molar refractivity (Wildman–Crippen MR) is 146 cm³/mol. The van der Waals surface area contributed by atoms with Crippen LogP contribution in [0.15, 0.2) is 84.1 Å². The van der Waals surface area contributed by atoms with Gasteiger partial charge in [0, 0.05) is 29.1 Å². The summed E-state index contributed by atoms with van der Waals surface area (Å²) in [5.74, 6) is -0.896. The van der Waals surface area contributed by atoms with E-state index < -0.39 is 12.0 Å². The van der Waals surface area contributed by atoms with Crippen LogP contribution >= 0.6 is 11.6 Å². The van der Waals surface area contributed by atoms with Gasteiger partial charge < -0.3 is 15.2 Å². The molecule has 1 aliphatic carbocycles. The second-order valence-corrected chi connectivity index (χ2v) is 9.88. The lowest BCUT2D eigenvalue weighted by Gasteiger charge is -2.35. The minimum atomic E-state index is -1.06. The number of anilines is 2. The molecule has 7 nitrogen and oxygen atoms in total. The van der Waals surface area contributed by atoms with Gasteiger partial charge in [-0.3, -0.25) is 19.3 Å². The number of hydrogen-bond donors (Lipinski definition) is 2. The quantitative estimate of drug-likeness (QED) is 0.399. The Kier molecular flexibility index (Phi) is 7.20. The summed E-state index contributed by atoms with van der Waals surface area (Å²) in [5, 5.41) is 13.4. The van der Waals surface area contributed by atoms with Crippen molar-refractivity contribution >= 4 is 40.6 Å². The molecule has 1 heterocycles. The molecule has 2 unspecified atom stereocenters. The van der Waals surface area contributed by atoms with Gasteiger partial charge in [-0.2, -0.15) is 0 Å². The van der Waals surface area contributed by atoms with Crippen molar-refractivity contribution in [3.05, 3.63) is 100 Å². The lowest BCUT2D eigenvalue weighted by Crippen LogP contribution is -2.38. The molecular weight excluding hydrogens is 504 g/mol. The van der Waals surface area contributed by atoms with Crippen molar-refractivity contribution in [1.29, 1.82) is 0 Å². The van der Waals surface area contributed by atoms with Crippen LogP contribution in [0, 0.1) is 0 Å². The monoisotopic (exact) mass is 530 g/mol. The Hall–Kier alpha value is -4.10. The molecular formula is C30H27ClN2O5. The van der Waals surface area contributed by atoms with E-state index >= 15 is 0 Å². The number of ether oxygens (including phenoxy) is 1. The topological polar surface area (TPSA) is 95.9 Å². The molecule has 0 saturated carbocycles. The van der Waals surface area contributed by atoms with Crippen LogP contribution in [0.25, 0.3) is 0 Å². The van der Waals surface area contributed by atoms with E-state index in [0.717, 1.165) is 16.8 Å². The molecule has 2 atom stereocenters. The van der Waals surface area contributed by atoms with Crippen molar-refractivity contribution in [3.8, 4) is 5.75 Å². The summed E-state index contributed by atoms with van der Waals surface area (Å²) >= 11 is 6.10. The number of benzene rings is 3. The number of nitrogens with zero attached hydrogens (tertiary/aromatic N) is 1. The summed E-state index contributed by atoms with van der Waals surface area (Å²) in [5.41, 5.74) is 4.30. The Morgan fingerprint density at radius 1 is 0.974 bits per heavy atom. The van der Waals surface area contributed by atoms with E-state index in [4.69, 9.17) is 16.3 Å². The van der Waals surface area contributed by atoms with Gasteiger partial charge in [-0.15, -0.1) is 0 Å². The number of carboxylic acid groups (broad SMARTS) is 1. The zero-order chi connectivity index (χ0) is 26.8. The van der Waals surface area contributed by atoms with Gasteiger partial charge in [-0.1, -0.05) is 48.0 Å². The van der Waals surface area contributed by atoms with Crippen LogP contribution < -0.4 is 15.0 Å². The third-order valence-electron chi connectivity index (χ3n) is 7.08. The highest BCUT2D eigenvalue weighted by Gasteiger charge is 2.41. The first-order valence-electron chi connectivity index (χ1n) is 12.4. The number of carbonyl (C=O) groups excluding carboxylic acids is 2. The van der Waals surface area contributed by atoms with Crippen LogP contribution in [0.4, 0.5) is 11.4 Å². The molecule has 5 rings (SSSR count). The Morgan fingerprint density at radius 3 is 2.34 bits per heavy atom. The number of para-hydroxylation sites is 2. The number of methoxy groups -OCH3 is 1. The van der Waals surface area contributed by atoms with Gasteiger partial charge in [0.25, 0.3) is 0 Å². The number of ketones is 1. The van der Waals surface area contributed by atoms with Crippen LogP contribution in [0.2, 0.25) is 5.02 Å². The minimum Gasteiger partial charge on any atom is -0.497 e. The maximum Gasteiger partial charge on any atom is 0.303 e. The van der Waals surface area contributed by atoms with Gasteiger partial charge in [-0.05, 0) is 59.9 Å². The number of allylic oxidation sites excluding steroid dienone is 1. The zero-order valence-electron chi connectivity index (χ0n) is 20.8. The third-order valence-corrected chi connectivity index (χ3v) is 7.33. The van der Waals surface area contributed by atoms with E-state index in [1.807, 2.05) is 60.7 Å². The summed E-state index contributed by atoms with van der Waals surface area (Å²) in [4.78, 5) is 40.5. The van der Waals surface area contributed by atoms with Crippen LogP contribution in [0.1, 0.15) is 48.8 Å². The molecule has 194 valence electrons. The van der Waals surface area contributed by atoms with Crippen LogP contribution in [-0.2, 0) is 14.4 Å². The Bertz CT molecular complexity index is 1420. The first-order chi connectivity index (χ1) is 18.4. The Balaban J connectivity index is 1.67. The van der Waals surface area contributed by atoms with Crippen LogP contribution in [0.5, 0.6) is 5.75 Å².